The molecule has 0 N–H and O–H groups in total. The molecule has 0 aromatic carbocycles. The highest BCUT2D eigenvalue weighted by atomic mass is 16.3. The molecule has 50 valence electrons. The molecule has 0 unspecified atom stereocenters. The maximum atomic E-state index is 11.0. The normalized spacial score (nSPS) is 14.3. The van der Waals surface area contributed by atoms with Crippen molar-refractivity contribution in [2.24, 2.45) is 0 Å². The molecule has 2 heteroatoms. The third-order valence-corrected chi connectivity index (χ3v) is 1.64. The fourth-order valence-electron chi connectivity index (χ4n) is 1.14. The number of carbonyl (C=O) groups is 1. The van der Waals surface area contributed by atoms with Crippen molar-refractivity contribution in [2.75, 3.05) is 0 Å². The summed E-state index contributed by atoms with van der Waals surface area (Å²) < 4.78 is 5.07. The third kappa shape index (κ3) is 0.506. The molecule has 1 heterocycles. The van der Waals surface area contributed by atoms with Gasteiger partial charge in [-0.05, 0) is 24.6 Å². The molecule has 0 fully saturated rings. The van der Waals surface area contributed by atoms with E-state index < -0.39 is 0 Å². The molecule has 0 amide bonds. The Kier molecular flexibility index (Phi) is 0.873. The third-order valence-electron chi connectivity index (χ3n) is 1.64. The van der Waals surface area contributed by atoms with Crippen LogP contribution in [0.4, 0.5) is 0 Å². The lowest BCUT2D eigenvalue weighted by Crippen LogP contribution is -1.89. The first-order valence-corrected chi connectivity index (χ1v) is 3.09. The fraction of sp³-hybridized carbons (Fsp3) is 0.125. The molecular formula is C8H6O2. The average Bonchev–Trinajstić information content (AvgIpc) is 2.40. The summed E-state index contributed by atoms with van der Waals surface area (Å²) in [7, 11) is 0. The predicted octanol–water partition coefficient (Wildman–Crippen LogP) is 1.80. The standard InChI is InChI=1S/C8H6O2/c1-5-4-10-7-3-2-6(9)8(5)7/h2-4H,1H3. The average molecular weight is 134 g/mol. The highest BCUT2D eigenvalue weighted by molar-refractivity contribution is 6.13. The minimum absolute atomic E-state index is 0.0567. The highest BCUT2D eigenvalue weighted by Gasteiger charge is 2.19. The number of carbonyl (C=O) groups excluding carboxylic acids is 1. The second kappa shape index (κ2) is 1.59. The molecule has 0 aliphatic heterocycles. The Morgan fingerprint density at radius 2 is 2.20 bits per heavy atom. The van der Waals surface area contributed by atoms with Gasteiger partial charge in [0.25, 0.3) is 0 Å². The summed E-state index contributed by atoms with van der Waals surface area (Å²) in [5, 5.41) is 0. The lowest BCUT2D eigenvalue weighted by atomic mass is 10.1. The van der Waals surface area contributed by atoms with E-state index in [0.29, 0.717) is 5.76 Å². The quantitative estimate of drug-likeness (QED) is 0.541. The van der Waals surface area contributed by atoms with E-state index in [-0.39, 0.29) is 5.78 Å². The van der Waals surface area contributed by atoms with Crippen molar-refractivity contribution >= 4 is 11.9 Å². The van der Waals surface area contributed by atoms with E-state index in [4.69, 9.17) is 4.42 Å². The van der Waals surface area contributed by atoms with E-state index in [9.17, 15) is 4.79 Å². The molecule has 0 saturated carbocycles. The SMILES string of the molecule is Cc1coc2c1C(=O)C=C2. The molecule has 0 radical (unpaired) electrons. The van der Waals surface area contributed by atoms with E-state index in [1.54, 1.807) is 12.3 Å². The lowest BCUT2D eigenvalue weighted by Gasteiger charge is -1.84. The van der Waals surface area contributed by atoms with Gasteiger partial charge >= 0.3 is 0 Å². The van der Waals surface area contributed by atoms with Gasteiger partial charge in [-0.15, -0.1) is 0 Å². The van der Waals surface area contributed by atoms with E-state index in [1.807, 2.05) is 6.92 Å². The number of hydrogen-bond acceptors (Lipinski definition) is 2. The van der Waals surface area contributed by atoms with Gasteiger partial charge in [0.1, 0.15) is 5.76 Å². The van der Waals surface area contributed by atoms with Crippen LogP contribution in [0.5, 0.6) is 0 Å². The summed E-state index contributed by atoms with van der Waals surface area (Å²) in [5.74, 6) is 0.753. The molecule has 2 nitrogen and oxygen atoms in total. The number of rotatable bonds is 0. The van der Waals surface area contributed by atoms with E-state index in [2.05, 4.69) is 0 Å². The van der Waals surface area contributed by atoms with Crippen molar-refractivity contribution in [1.29, 1.82) is 0 Å². The predicted molar refractivity (Wildman–Crippen MR) is 36.8 cm³/mol. The lowest BCUT2D eigenvalue weighted by molar-refractivity contribution is 0.104. The largest absolute Gasteiger partial charge is 0.464 e. The molecule has 2 rings (SSSR count). The van der Waals surface area contributed by atoms with Crippen LogP contribution in [0.2, 0.25) is 0 Å². The van der Waals surface area contributed by atoms with Gasteiger partial charge in [0.15, 0.2) is 5.78 Å². The second-order valence-corrected chi connectivity index (χ2v) is 2.36. The van der Waals surface area contributed by atoms with Gasteiger partial charge in [0.05, 0.1) is 11.8 Å². The fourth-order valence-corrected chi connectivity index (χ4v) is 1.14. The molecule has 0 atom stereocenters. The Balaban J connectivity index is 2.74. The maximum absolute atomic E-state index is 11.0. The van der Waals surface area contributed by atoms with Crippen molar-refractivity contribution in [3.8, 4) is 0 Å². The van der Waals surface area contributed by atoms with Crippen molar-refractivity contribution in [3.05, 3.63) is 29.2 Å². The summed E-state index contributed by atoms with van der Waals surface area (Å²) >= 11 is 0. The van der Waals surface area contributed by atoms with Crippen LogP contribution in [-0.4, -0.2) is 5.78 Å². The van der Waals surface area contributed by atoms with E-state index in [0.717, 1.165) is 11.1 Å². The van der Waals surface area contributed by atoms with Crippen LogP contribution < -0.4 is 0 Å². The monoisotopic (exact) mass is 134 g/mol. The van der Waals surface area contributed by atoms with Crippen LogP contribution in [0.25, 0.3) is 6.08 Å². The molecule has 0 bridgehead atoms. The first-order chi connectivity index (χ1) is 4.79. The molecule has 1 aromatic heterocycles. The molecule has 1 aliphatic rings. The van der Waals surface area contributed by atoms with Gasteiger partial charge in [0.2, 0.25) is 0 Å². The van der Waals surface area contributed by atoms with E-state index in [1.165, 1.54) is 6.08 Å². The Bertz CT molecular complexity index is 318. The molecule has 1 aromatic rings. The Morgan fingerprint density at radius 1 is 1.40 bits per heavy atom. The van der Waals surface area contributed by atoms with Crippen molar-refractivity contribution in [3.63, 3.8) is 0 Å². The highest BCUT2D eigenvalue weighted by Crippen LogP contribution is 2.23. The van der Waals surface area contributed by atoms with Crippen LogP contribution >= 0.6 is 0 Å². The van der Waals surface area contributed by atoms with Crippen LogP contribution in [0, 0.1) is 6.92 Å². The zero-order chi connectivity index (χ0) is 7.14. The summed E-state index contributed by atoms with van der Waals surface area (Å²) in [6.45, 7) is 1.87. The Hall–Kier alpha value is -1.31. The topological polar surface area (TPSA) is 30.2 Å². The zero-order valence-corrected chi connectivity index (χ0v) is 5.55. The van der Waals surface area contributed by atoms with Gasteiger partial charge in [-0.25, -0.2) is 0 Å². The zero-order valence-electron chi connectivity index (χ0n) is 5.55. The van der Waals surface area contributed by atoms with Crippen LogP contribution in [0.3, 0.4) is 0 Å². The van der Waals surface area contributed by atoms with Crippen molar-refractivity contribution in [1.82, 2.24) is 0 Å². The van der Waals surface area contributed by atoms with E-state index >= 15 is 0 Å². The second-order valence-electron chi connectivity index (χ2n) is 2.36. The minimum Gasteiger partial charge on any atom is -0.464 e. The number of allylic oxidation sites excluding steroid dienone is 1. The van der Waals surface area contributed by atoms with Crippen molar-refractivity contribution in [2.45, 2.75) is 6.92 Å². The number of ketones is 1. The molecule has 10 heavy (non-hydrogen) atoms. The molecule has 0 saturated heterocycles. The first kappa shape index (κ1) is 5.47. The smallest absolute Gasteiger partial charge is 0.190 e. The first-order valence-electron chi connectivity index (χ1n) is 3.09. The van der Waals surface area contributed by atoms with Gasteiger partial charge in [0, 0.05) is 0 Å². The van der Waals surface area contributed by atoms with Crippen LogP contribution in [-0.2, 0) is 0 Å². The minimum atomic E-state index is 0.0567. The number of hydrogen-bond donors (Lipinski definition) is 0. The number of aryl methyl sites for hydroxylation is 1. The molecule has 0 spiro atoms. The summed E-state index contributed by atoms with van der Waals surface area (Å²) in [6, 6.07) is 0. The Labute approximate surface area is 58.2 Å². The van der Waals surface area contributed by atoms with Gasteiger partial charge in [-0.1, -0.05) is 0 Å². The van der Waals surface area contributed by atoms with Gasteiger partial charge in [-0.2, -0.15) is 0 Å². The number of fused-ring (bicyclic) bond motifs is 1. The molecule has 1 aliphatic carbocycles. The molecular weight excluding hydrogens is 128 g/mol. The summed E-state index contributed by atoms with van der Waals surface area (Å²) in [5.41, 5.74) is 1.64. The van der Waals surface area contributed by atoms with Crippen LogP contribution in [0.15, 0.2) is 16.8 Å². The number of furan rings is 1. The Morgan fingerprint density at radius 3 is 2.90 bits per heavy atom. The van der Waals surface area contributed by atoms with Crippen molar-refractivity contribution < 1.29 is 9.21 Å². The maximum Gasteiger partial charge on any atom is 0.190 e. The van der Waals surface area contributed by atoms with Gasteiger partial charge in [-0.3, -0.25) is 4.79 Å². The van der Waals surface area contributed by atoms with Crippen LogP contribution in [0.1, 0.15) is 21.7 Å². The summed E-state index contributed by atoms with van der Waals surface area (Å²) in [4.78, 5) is 11.0. The van der Waals surface area contributed by atoms with Gasteiger partial charge < -0.3 is 4.42 Å². The summed E-state index contributed by atoms with van der Waals surface area (Å²) in [6.07, 6.45) is 4.83.